The Labute approximate surface area is 127 Å². The summed E-state index contributed by atoms with van der Waals surface area (Å²) in [5, 5.41) is 3.68. The summed E-state index contributed by atoms with van der Waals surface area (Å²) in [5.41, 5.74) is 2.58. The standard InChI is InChI=1S/C18H23N3/c1-2-7-16(8-3-1)13-18-15-21(12-6-11-20-18)14-17-9-4-5-10-19-17/h1-5,7-10,18,20H,6,11-15H2. The minimum Gasteiger partial charge on any atom is -0.312 e. The average molecular weight is 281 g/mol. The average Bonchev–Trinajstić information content (AvgIpc) is 2.74. The second-order valence-corrected chi connectivity index (χ2v) is 5.75. The van der Waals surface area contributed by atoms with Gasteiger partial charge in [-0.2, -0.15) is 0 Å². The third kappa shape index (κ3) is 4.38. The molecule has 0 saturated carbocycles. The lowest BCUT2D eigenvalue weighted by molar-refractivity contribution is 0.256. The molecule has 2 aromatic rings. The zero-order chi connectivity index (χ0) is 14.3. The van der Waals surface area contributed by atoms with E-state index in [9.17, 15) is 0 Å². The number of nitrogens with one attached hydrogen (secondary N) is 1. The highest BCUT2D eigenvalue weighted by molar-refractivity contribution is 5.16. The van der Waals surface area contributed by atoms with E-state index in [4.69, 9.17) is 0 Å². The van der Waals surface area contributed by atoms with E-state index < -0.39 is 0 Å². The number of nitrogens with zero attached hydrogens (tertiary/aromatic N) is 2. The van der Waals surface area contributed by atoms with Gasteiger partial charge >= 0.3 is 0 Å². The van der Waals surface area contributed by atoms with Crippen LogP contribution in [0.4, 0.5) is 0 Å². The largest absolute Gasteiger partial charge is 0.312 e. The van der Waals surface area contributed by atoms with Gasteiger partial charge in [-0.1, -0.05) is 36.4 Å². The predicted molar refractivity (Wildman–Crippen MR) is 86.1 cm³/mol. The van der Waals surface area contributed by atoms with Gasteiger partial charge in [0.25, 0.3) is 0 Å². The van der Waals surface area contributed by atoms with Crippen LogP contribution < -0.4 is 5.32 Å². The highest BCUT2D eigenvalue weighted by Crippen LogP contribution is 2.10. The molecule has 3 heteroatoms. The van der Waals surface area contributed by atoms with E-state index in [2.05, 4.69) is 57.7 Å². The molecule has 110 valence electrons. The van der Waals surface area contributed by atoms with Gasteiger partial charge in [-0.15, -0.1) is 0 Å². The Bertz CT molecular complexity index is 477. The molecule has 2 heterocycles. The van der Waals surface area contributed by atoms with Crippen LogP contribution in [0.25, 0.3) is 0 Å². The smallest absolute Gasteiger partial charge is 0.0543 e. The molecule has 1 aliphatic rings. The van der Waals surface area contributed by atoms with E-state index >= 15 is 0 Å². The Balaban J connectivity index is 1.61. The van der Waals surface area contributed by atoms with Crippen LogP contribution in [-0.2, 0) is 13.0 Å². The predicted octanol–water partition coefficient (Wildman–Crippen LogP) is 2.49. The Morgan fingerprint density at radius 3 is 2.76 bits per heavy atom. The summed E-state index contributed by atoms with van der Waals surface area (Å²) in [6.45, 7) is 4.30. The van der Waals surface area contributed by atoms with Crippen LogP contribution in [-0.4, -0.2) is 35.6 Å². The second-order valence-electron chi connectivity index (χ2n) is 5.75. The monoisotopic (exact) mass is 281 g/mol. The third-order valence-electron chi connectivity index (χ3n) is 4.00. The summed E-state index contributed by atoms with van der Waals surface area (Å²) in [6, 6.07) is 17.5. The van der Waals surface area contributed by atoms with Crippen molar-refractivity contribution in [3.05, 3.63) is 66.0 Å². The minimum atomic E-state index is 0.526. The van der Waals surface area contributed by atoms with Gasteiger partial charge in [0, 0.05) is 25.3 Å². The normalized spacial score (nSPS) is 20.1. The van der Waals surface area contributed by atoms with Crippen molar-refractivity contribution in [3.8, 4) is 0 Å². The molecule has 1 N–H and O–H groups in total. The lowest BCUT2D eigenvalue weighted by Crippen LogP contribution is -2.39. The number of aromatic nitrogens is 1. The van der Waals surface area contributed by atoms with Crippen LogP contribution in [0.3, 0.4) is 0 Å². The van der Waals surface area contributed by atoms with Crippen LogP contribution in [0.2, 0.25) is 0 Å². The van der Waals surface area contributed by atoms with Crippen molar-refractivity contribution in [2.24, 2.45) is 0 Å². The first-order chi connectivity index (χ1) is 10.4. The fourth-order valence-corrected chi connectivity index (χ4v) is 2.98. The van der Waals surface area contributed by atoms with Crippen molar-refractivity contribution in [2.45, 2.75) is 25.4 Å². The number of hydrogen-bond donors (Lipinski definition) is 1. The molecule has 3 nitrogen and oxygen atoms in total. The number of benzene rings is 1. The maximum absolute atomic E-state index is 4.45. The molecule has 3 rings (SSSR count). The molecule has 1 atom stereocenters. The van der Waals surface area contributed by atoms with Crippen LogP contribution in [0, 0.1) is 0 Å². The topological polar surface area (TPSA) is 28.2 Å². The Kier molecular flexibility index (Phi) is 4.98. The summed E-state index contributed by atoms with van der Waals surface area (Å²) < 4.78 is 0. The van der Waals surface area contributed by atoms with Gasteiger partial charge in [0.2, 0.25) is 0 Å². The summed E-state index contributed by atoms with van der Waals surface area (Å²) in [6.07, 6.45) is 4.19. The van der Waals surface area contributed by atoms with E-state index in [0.29, 0.717) is 6.04 Å². The summed E-state index contributed by atoms with van der Waals surface area (Å²) in [7, 11) is 0. The van der Waals surface area contributed by atoms with Crippen LogP contribution in [0.1, 0.15) is 17.7 Å². The van der Waals surface area contributed by atoms with E-state index in [0.717, 1.165) is 38.3 Å². The van der Waals surface area contributed by atoms with Crippen LogP contribution in [0.5, 0.6) is 0 Å². The van der Waals surface area contributed by atoms with E-state index in [1.54, 1.807) is 0 Å². The summed E-state index contributed by atoms with van der Waals surface area (Å²) >= 11 is 0. The van der Waals surface area contributed by atoms with Crippen molar-refractivity contribution < 1.29 is 0 Å². The number of pyridine rings is 1. The fraction of sp³-hybridized carbons (Fsp3) is 0.389. The molecule has 1 aromatic carbocycles. The molecule has 0 aliphatic carbocycles. The van der Waals surface area contributed by atoms with Crippen molar-refractivity contribution >= 4 is 0 Å². The first-order valence-corrected chi connectivity index (χ1v) is 7.80. The molecule has 1 fully saturated rings. The zero-order valence-corrected chi connectivity index (χ0v) is 12.4. The highest BCUT2D eigenvalue weighted by Gasteiger charge is 2.18. The molecule has 0 spiro atoms. The zero-order valence-electron chi connectivity index (χ0n) is 12.4. The summed E-state index contributed by atoms with van der Waals surface area (Å²) in [5.74, 6) is 0. The van der Waals surface area contributed by atoms with Crippen molar-refractivity contribution in [1.29, 1.82) is 0 Å². The Hall–Kier alpha value is -1.71. The van der Waals surface area contributed by atoms with Crippen LogP contribution >= 0.6 is 0 Å². The maximum atomic E-state index is 4.45. The fourth-order valence-electron chi connectivity index (χ4n) is 2.98. The molecule has 0 radical (unpaired) electrons. The molecule has 1 aromatic heterocycles. The Morgan fingerprint density at radius 1 is 1.10 bits per heavy atom. The van der Waals surface area contributed by atoms with Crippen LogP contribution in [0.15, 0.2) is 54.7 Å². The van der Waals surface area contributed by atoms with Crippen molar-refractivity contribution in [2.75, 3.05) is 19.6 Å². The molecular weight excluding hydrogens is 258 g/mol. The lowest BCUT2D eigenvalue weighted by atomic mass is 10.1. The van der Waals surface area contributed by atoms with Gasteiger partial charge in [-0.05, 0) is 43.6 Å². The minimum absolute atomic E-state index is 0.526. The molecule has 1 aliphatic heterocycles. The van der Waals surface area contributed by atoms with Gasteiger partial charge in [0.05, 0.1) is 5.69 Å². The van der Waals surface area contributed by atoms with E-state index in [1.165, 1.54) is 12.0 Å². The van der Waals surface area contributed by atoms with E-state index in [-0.39, 0.29) is 0 Å². The third-order valence-corrected chi connectivity index (χ3v) is 4.00. The summed E-state index contributed by atoms with van der Waals surface area (Å²) in [4.78, 5) is 6.97. The van der Waals surface area contributed by atoms with Crippen molar-refractivity contribution in [3.63, 3.8) is 0 Å². The molecule has 1 unspecified atom stereocenters. The maximum Gasteiger partial charge on any atom is 0.0543 e. The van der Waals surface area contributed by atoms with Gasteiger partial charge in [-0.25, -0.2) is 0 Å². The SMILES string of the molecule is c1ccc(CC2CN(Cc3ccccn3)CCCN2)cc1. The molecule has 0 bridgehead atoms. The highest BCUT2D eigenvalue weighted by atomic mass is 15.2. The number of hydrogen-bond acceptors (Lipinski definition) is 3. The molecule has 1 saturated heterocycles. The first-order valence-electron chi connectivity index (χ1n) is 7.80. The van der Waals surface area contributed by atoms with Gasteiger partial charge in [0.15, 0.2) is 0 Å². The van der Waals surface area contributed by atoms with E-state index in [1.807, 2.05) is 12.3 Å². The van der Waals surface area contributed by atoms with Gasteiger partial charge in [0.1, 0.15) is 0 Å². The second kappa shape index (κ2) is 7.34. The van der Waals surface area contributed by atoms with Gasteiger partial charge in [-0.3, -0.25) is 9.88 Å². The quantitative estimate of drug-likeness (QED) is 0.933. The molecule has 0 amide bonds. The molecular formula is C18H23N3. The first kappa shape index (κ1) is 14.2. The van der Waals surface area contributed by atoms with Gasteiger partial charge < -0.3 is 5.32 Å². The molecule has 21 heavy (non-hydrogen) atoms. The Morgan fingerprint density at radius 2 is 1.95 bits per heavy atom. The van der Waals surface area contributed by atoms with Crippen molar-refractivity contribution in [1.82, 2.24) is 15.2 Å². The number of rotatable bonds is 4. The lowest BCUT2D eigenvalue weighted by Gasteiger charge is -2.24.